The van der Waals surface area contributed by atoms with Crippen LogP contribution in [0.15, 0.2) is 0 Å². The Labute approximate surface area is 115 Å². The van der Waals surface area contributed by atoms with Gasteiger partial charge in [0.15, 0.2) is 6.10 Å². The van der Waals surface area contributed by atoms with Crippen molar-refractivity contribution in [2.24, 2.45) is 0 Å². The Bertz CT molecular complexity index is 427. The van der Waals surface area contributed by atoms with Crippen LogP contribution in [0.4, 0.5) is 18.0 Å². The van der Waals surface area contributed by atoms with Crippen molar-refractivity contribution in [1.82, 2.24) is 9.80 Å². The molecule has 112 valence electrons. The van der Waals surface area contributed by atoms with E-state index in [-0.39, 0.29) is 13.1 Å². The Kier molecular flexibility index (Phi) is 3.46. The molecule has 1 rings (SSSR count). The van der Waals surface area contributed by atoms with Crippen molar-refractivity contribution in [2.45, 2.75) is 45.5 Å². The van der Waals surface area contributed by atoms with Crippen LogP contribution in [0, 0.1) is 0 Å². The molecule has 0 radical (unpaired) electrons. The molecule has 2 atom stereocenters. The molecule has 19 heavy (non-hydrogen) atoms. The molecule has 0 aliphatic carbocycles. The van der Waals surface area contributed by atoms with E-state index < -0.39 is 36.9 Å². The average molecular weight is 285 g/mol. The molecule has 1 saturated heterocycles. The van der Waals surface area contributed by atoms with Gasteiger partial charge in [0.1, 0.15) is 0 Å². The number of carbonyl (C=O) groups excluding carboxylic acids is 1. The fourth-order valence-corrected chi connectivity index (χ4v) is 1.40. The summed E-state index contributed by atoms with van der Waals surface area (Å²) in [6.07, 6.45) is -8.56. The normalized spacial score (nSPS) is 29.1. The molecule has 0 spiro atoms. The van der Waals surface area contributed by atoms with Crippen LogP contribution in [-0.2, 0) is 4.74 Å². The van der Waals surface area contributed by atoms with Gasteiger partial charge in [0.05, 0.1) is 4.11 Å². The second-order valence-corrected chi connectivity index (χ2v) is 5.33. The Balaban J connectivity index is 2.89. The second kappa shape index (κ2) is 5.56. The van der Waals surface area contributed by atoms with Crippen molar-refractivity contribution in [3.8, 4) is 0 Å². The number of piperazine rings is 1. The van der Waals surface area contributed by atoms with Gasteiger partial charge in [0.25, 0.3) is 0 Å². The summed E-state index contributed by atoms with van der Waals surface area (Å²) in [5.41, 5.74) is -0.429. The van der Waals surface area contributed by atoms with Crippen LogP contribution in [0.25, 0.3) is 0 Å². The van der Waals surface area contributed by atoms with E-state index in [0.717, 1.165) is 0 Å². The Morgan fingerprint density at radius 1 is 1.32 bits per heavy atom. The van der Waals surface area contributed by atoms with E-state index in [1.807, 2.05) is 20.8 Å². The molecule has 0 bridgehead atoms. The maximum absolute atomic E-state index is 12.4. The maximum Gasteiger partial charge on any atom is 0.425 e. The third kappa shape index (κ3) is 4.56. The molecule has 1 fully saturated rings. The summed E-state index contributed by atoms with van der Waals surface area (Å²) in [5.74, 6) is 0. The SMILES string of the molecule is [2H]C1CN(C(C)(C)C)CC([2H])([2H])N1C(=O)OC(C)C(F)(F)F. The summed E-state index contributed by atoms with van der Waals surface area (Å²) in [6, 6.07) is 0. The zero-order valence-corrected chi connectivity index (χ0v) is 11.4. The zero-order chi connectivity index (χ0) is 17.5. The van der Waals surface area contributed by atoms with E-state index in [1.165, 1.54) is 0 Å². The number of halogens is 3. The molecule has 2 unspecified atom stereocenters. The highest BCUT2D eigenvalue weighted by molar-refractivity contribution is 5.68. The van der Waals surface area contributed by atoms with Crippen LogP contribution in [0.1, 0.15) is 31.8 Å². The molecule has 0 aromatic heterocycles. The number of hydrogen-bond acceptors (Lipinski definition) is 3. The van der Waals surface area contributed by atoms with Gasteiger partial charge in [-0.25, -0.2) is 4.79 Å². The van der Waals surface area contributed by atoms with Crippen molar-refractivity contribution in [2.75, 3.05) is 26.1 Å². The largest absolute Gasteiger partial charge is 0.437 e. The molecule has 1 heterocycles. The van der Waals surface area contributed by atoms with Gasteiger partial charge in [-0.2, -0.15) is 13.2 Å². The van der Waals surface area contributed by atoms with Gasteiger partial charge >= 0.3 is 12.3 Å². The standard InChI is InChI=1S/C12H21F3N2O2/c1-9(12(13,14)15)19-10(18)16-5-7-17(8-6-16)11(2,3)4/h9H,5-8H2,1-4H3/i5D,6D2. The fraction of sp³-hybridized carbons (Fsp3) is 0.917. The Morgan fingerprint density at radius 3 is 2.32 bits per heavy atom. The van der Waals surface area contributed by atoms with E-state index in [4.69, 9.17) is 4.11 Å². The molecule has 1 amide bonds. The summed E-state index contributed by atoms with van der Waals surface area (Å²) in [4.78, 5) is 14.0. The van der Waals surface area contributed by atoms with E-state index >= 15 is 0 Å². The quantitative estimate of drug-likeness (QED) is 0.742. The first-order valence-electron chi connectivity index (χ1n) is 7.48. The second-order valence-electron chi connectivity index (χ2n) is 5.33. The van der Waals surface area contributed by atoms with Gasteiger partial charge in [-0.15, -0.1) is 0 Å². The predicted octanol–water partition coefficient (Wildman–Crippen LogP) is 2.49. The van der Waals surface area contributed by atoms with Gasteiger partial charge in [0, 0.05) is 31.6 Å². The molecule has 7 heteroatoms. The number of hydrogen-bond donors (Lipinski definition) is 0. The van der Waals surface area contributed by atoms with E-state index in [2.05, 4.69) is 4.74 Å². The lowest BCUT2D eigenvalue weighted by Gasteiger charge is -2.42. The summed E-state index contributed by atoms with van der Waals surface area (Å²) in [7, 11) is 0. The molecule has 0 aromatic rings. The molecule has 0 aromatic carbocycles. The highest BCUT2D eigenvalue weighted by Gasteiger charge is 2.40. The minimum Gasteiger partial charge on any atom is -0.437 e. The molecular weight excluding hydrogens is 261 g/mol. The summed E-state index contributed by atoms with van der Waals surface area (Å²) >= 11 is 0. The molecule has 4 nitrogen and oxygen atoms in total. The number of carbonyl (C=O) groups is 1. The van der Waals surface area contributed by atoms with Crippen LogP contribution < -0.4 is 0 Å². The van der Waals surface area contributed by atoms with E-state index in [0.29, 0.717) is 11.8 Å². The lowest BCUT2D eigenvalue weighted by Crippen LogP contribution is -2.55. The molecule has 1 aliphatic rings. The maximum atomic E-state index is 12.4. The molecule has 0 N–H and O–H groups in total. The van der Waals surface area contributed by atoms with Crippen molar-refractivity contribution >= 4 is 6.09 Å². The lowest BCUT2D eigenvalue weighted by molar-refractivity contribution is -0.200. The summed E-state index contributed by atoms with van der Waals surface area (Å²) in [5, 5.41) is 0. The van der Waals surface area contributed by atoms with Gasteiger partial charge in [-0.3, -0.25) is 4.90 Å². The Hall–Kier alpha value is -0.980. The number of rotatable bonds is 1. The smallest absolute Gasteiger partial charge is 0.425 e. The molecular formula is C12H21F3N2O2. The third-order valence-electron chi connectivity index (χ3n) is 2.80. The van der Waals surface area contributed by atoms with Crippen molar-refractivity contribution < 1.29 is 26.8 Å². The van der Waals surface area contributed by atoms with E-state index in [9.17, 15) is 18.0 Å². The summed E-state index contributed by atoms with van der Waals surface area (Å²) < 4.78 is 65.3. The first-order chi connectivity index (χ1) is 9.66. The first-order valence-corrected chi connectivity index (χ1v) is 5.90. The van der Waals surface area contributed by atoms with Crippen LogP contribution in [-0.4, -0.2) is 59.8 Å². The van der Waals surface area contributed by atoms with Crippen molar-refractivity contribution in [3.05, 3.63) is 0 Å². The third-order valence-corrected chi connectivity index (χ3v) is 2.80. The minimum atomic E-state index is -4.73. The summed E-state index contributed by atoms with van der Waals surface area (Å²) in [6.45, 7) is 2.33. The highest BCUT2D eigenvalue weighted by atomic mass is 19.4. The number of alkyl halides is 3. The average Bonchev–Trinajstić information content (AvgIpc) is 2.23. The number of ether oxygens (including phenoxy) is 1. The minimum absolute atomic E-state index is 0.0263. The lowest BCUT2D eigenvalue weighted by atomic mass is 10.1. The fourth-order valence-electron chi connectivity index (χ4n) is 1.40. The number of nitrogens with zero attached hydrogens (tertiary/aromatic N) is 2. The zero-order valence-electron chi connectivity index (χ0n) is 14.4. The van der Waals surface area contributed by atoms with Crippen molar-refractivity contribution in [3.63, 3.8) is 0 Å². The van der Waals surface area contributed by atoms with Crippen LogP contribution in [0.5, 0.6) is 0 Å². The van der Waals surface area contributed by atoms with Gasteiger partial charge in [-0.1, -0.05) is 0 Å². The van der Waals surface area contributed by atoms with Crippen LogP contribution in [0.3, 0.4) is 0 Å². The van der Waals surface area contributed by atoms with Gasteiger partial charge in [0.2, 0.25) is 0 Å². The van der Waals surface area contributed by atoms with Gasteiger partial charge in [-0.05, 0) is 27.7 Å². The first kappa shape index (κ1) is 11.8. The highest BCUT2D eigenvalue weighted by Crippen LogP contribution is 2.23. The van der Waals surface area contributed by atoms with E-state index in [1.54, 1.807) is 4.90 Å². The Morgan fingerprint density at radius 2 is 1.89 bits per heavy atom. The number of amides is 1. The molecule has 0 saturated carbocycles. The molecule has 1 aliphatic heterocycles. The predicted molar refractivity (Wildman–Crippen MR) is 64.9 cm³/mol. The van der Waals surface area contributed by atoms with Crippen molar-refractivity contribution in [1.29, 1.82) is 0 Å². The topological polar surface area (TPSA) is 32.8 Å². The monoisotopic (exact) mass is 285 g/mol. The van der Waals surface area contributed by atoms with Gasteiger partial charge < -0.3 is 9.64 Å². The van der Waals surface area contributed by atoms with Crippen LogP contribution >= 0.6 is 0 Å². The van der Waals surface area contributed by atoms with Crippen LogP contribution in [0.2, 0.25) is 0 Å².